The Kier molecular flexibility index (Phi) is 9.90. The van der Waals surface area contributed by atoms with Crippen LogP contribution in [0, 0.1) is 18.8 Å². The van der Waals surface area contributed by atoms with Crippen molar-refractivity contribution in [2.24, 2.45) is 11.8 Å². The molecule has 36 heavy (non-hydrogen) atoms. The van der Waals surface area contributed by atoms with Gasteiger partial charge < -0.3 is 25.0 Å². The number of nitrogens with zero attached hydrogens (tertiary/aromatic N) is 1. The van der Waals surface area contributed by atoms with Crippen LogP contribution in [0.5, 0.6) is 0 Å². The van der Waals surface area contributed by atoms with Crippen LogP contribution >= 0.6 is 0 Å². The van der Waals surface area contributed by atoms with Crippen LogP contribution in [-0.4, -0.2) is 60.1 Å². The molecule has 1 aliphatic carbocycles. The summed E-state index contributed by atoms with van der Waals surface area (Å²) in [5.41, 5.74) is 0.837. The number of amides is 3. The molecule has 4 unspecified atom stereocenters. The zero-order valence-corrected chi connectivity index (χ0v) is 22.7. The topological polar surface area (TPSA) is 114 Å². The zero-order valence-electron chi connectivity index (χ0n) is 22.7. The van der Waals surface area contributed by atoms with E-state index in [0.717, 1.165) is 12.0 Å². The van der Waals surface area contributed by atoms with Crippen molar-refractivity contribution in [1.82, 2.24) is 15.5 Å². The Labute approximate surface area is 214 Å². The molecular weight excluding hydrogens is 462 g/mol. The molecule has 0 aromatic heterocycles. The van der Waals surface area contributed by atoms with Gasteiger partial charge in [0.2, 0.25) is 11.8 Å². The van der Waals surface area contributed by atoms with Gasteiger partial charge in [0.1, 0.15) is 24.2 Å². The summed E-state index contributed by atoms with van der Waals surface area (Å²) in [7, 11) is 1.24. The second-order valence-electron chi connectivity index (χ2n) is 11.0. The quantitative estimate of drug-likeness (QED) is 0.473. The zero-order chi connectivity index (χ0) is 27.2. The molecule has 1 aromatic rings. The van der Waals surface area contributed by atoms with E-state index in [1.165, 1.54) is 7.11 Å². The number of ether oxygens (including phenoxy) is 2. The third kappa shape index (κ3) is 8.53. The Morgan fingerprint density at radius 1 is 1.17 bits per heavy atom. The number of benzene rings is 1. The number of methoxy groups -OCH3 is 1. The molecule has 4 atom stereocenters. The molecular formula is C27H41N3O6. The summed E-state index contributed by atoms with van der Waals surface area (Å²) in [6.07, 6.45) is 0.423. The largest absolute Gasteiger partial charge is 0.468 e. The maximum Gasteiger partial charge on any atom is 0.408 e. The highest BCUT2D eigenvalue weighted by molar-refractivity contribution is 5.93. The molecule has 0 aliphatic heterocycles. The Morgan fingerprint density at radius 2 is 1.81 bits per heavy atom. The molecule has 0 radical (unpaired) electrons. The van der Waals surface area contributed by atoms with Crippen LogP contribution in [0.1, 0.15) is 71.6 Å². The lowest BCUT2D eigenvalue weighted by molar-refractivity contribution is -0.145. The van der Waals surface area contributed by atoms with Gasteiger partial charge in [0.25, 0.3) is 0 Å². The van der Waals surface area contributed by atoms with Gasteiger partial charge in [-0.05, 0) is 57.9 Å². The number of alkyl carbamates (subject to hydrolysis) is 1. The van der Waals surface area contributed by atoms with Gasteiger partial charge in [-0.3, -0.25) is 14.4 Å². The molecule has 2 rings (SSSR count). The summed E-state index contributed by atoms with van der Waals surface area (Å²) < 4.78 is 10.1. The van der Waals surface area contributed by atoms with Gasteiger partial charge in [-0.2, -0.15) is 0 Å². The van der Waals surface area contributed by atoms with Crippen LogP contribution in [-0.2, 0) is 23.9 Å². The maximum absolute atomic E-state index is 14.1. The minimum Gasteiger partial charge on any atom is -0.468 e. The van der Waals surface area contributed by atoms with Crippen molar-refractivity contribution >= 4 is 23.9 Å². The molecule has 1 fully saturated rings. The molecule has 0 spiro atoms. The molecule has 1 aliphatic rings. The third-order valence-electron chi connectivity index (χ3n) is 5.89. The number of carbonyl (C=O) groups excluding carboxylic acids is 4. The average Bonchev–Trinajstić information content (AvgIpc) is 3.48. The van der Waals surface area contributed by atoms with Crippen LogP contribution in [0.3, 0.4) is 0 Å². The van der Waals surface area contributed by atoms with Gasteiger partial charge >= 0.3 is 12.1 Å². The van der Waals surface area contributed by atoms with Crippen LogP contribution in [0.15, 0.2) is 24.3 Å². The summed E-state index contributed by atoms with van der Waals surface area (Å²) in [6.45, 7) is 12.8. The minimum absolute atomic E-state index is 0.0953. The van der Waals surface area contributed by atoms with Crippen molar-refractivity contribution in [3.05, 3.63) is 35.4 Å². The van der Waals surface area contributed by atoms with E-state index < -0.39 is 35.7 Å². The second kappa shape index (κ2) is 12.2. The monoisotopic (exact) mass is 503 g/mol. The maximum atomic E-state index is 14.1. The van der Waals surface area contributed by atoms with Crippen molar-refractivity contribution in [3.8, 4) is 0 Å². The number of nitrogens with one attached hydrogen (secondary N) is 2. The number of carbonyl (C=O) groups is 4. The highest BCUT2D eigenvalue weighted by Crippen LogP contribution is 2.41. The molecule has 1 aromatic carbocycles. The third-order valence-corrected chi connectivity index (χ3v) is 5.89. The van der Waals surface area contributed by atoms with E-state index >= 15 is 0 Å². The van der Waals surface area contributed by atoms with Crippen molar-refractivity contribution in [2.75, 3.05) is 13.7 Å². The molecule has 1 saturated carbocycles. The molecule has 0 saturated heterocycles. The molecule has 9 heteroatoms. The van der Waals surface area contributed by atoms with E-state index in [1.807, 2.05) is 45.9 Å². The van der Waals surface area contributed by atoms with E-state index in [9.17, 15) is 19.2 Å². The summed E-state index contributed by atoms with van der Waals surface area (Å²) in [5, 5.41) is 5.36. The van der Waals surface area contributed by atoms with Crippen molar-refractivity contribution in [2.45, 2.75) is 85.0 Å². The number of esters is 1. The summed E-state index contributed by atoms with van der Waals surface area (Å²) >= 11 is 0. The Bertz CT molecular complexity index is 955. The average molecular weight is 504 g/mol. The van der Waals surface area contributed by atoms with Crippen molar-refractivity contribution in [1.29, 1.82) is 0 Å². The highest BCUT2D eigenvalue weighted by Gasteiger charge is 2.48. The summed E-state index contributed by atoms with van der Waals surface area (Å²) in [6, 6.07) is 5.34. The molecule has 2 N–H and O–H groups in total. The second-order valence-corrected chi connectivity index (χ2v) is 11.0. The van der Waals surface area contributed by atoms with Gasteiger partial charge in [0.05, 0.1) is 7.11 Å². The lowest BCUT2D eigenvalue weighted by Crippen LogP contribution is -2.54. The first-order valence-corrected chi connectivity index (χ1v) is 12.5. The summed E-state index contributed by atoms with van der Waals surface area (Å²) in [4.78, 5) is 53.5. The summed E-state index contributed by atoms with van der Waals surface area (Å²) in [5.74, 6) is -1.15. The minimum atomic E-state index is -0.980. The smallest absolute Gasteiger partial charge is 0.408 e. The molecule has 0 bridgehead atoms. The lowest BCUT2D eigenvalue weighted by Gasteiger charge is -2.35. The molecule has 0 heterocycles. The Morgan fingerprint density at radius 3 is 2.31 bits per heavy atom. The van der Waals surface area contributed by atoms with E-state index in [0.29, 0.717) is 12.0 Å². The van der Waals surface area contributed by atoms with Crippen LogP contribution in [0.4, 0.5) is 4.79 Å². The van der Waals surface area contributed by atoms with E-state index in [-0.39, 0.29) is 30.3 Å². The molecule has 200 valence electrons. The van der Waals surface area contributed by atoms with E-state index in [2.05, 4.69) is 15.4 Å². The molecule has 3 amide bonds. The fraction of sp³-hybridized carbons (Fsp3) is 0.630. The first-order chi connectivity index (χ1) is 16.7. The fourth-order valence-corrected chi connectivity index (χ4v) is 4.10. The normalized spacial score (nSPS) is 18.6. The predicted octanol–water partition coefficient (Wildman–Crippen LogP) is 3.50. The predicted molar refractivity (Wildman–Crippen MR) is 136 cm³/mol. The fourth-order valence-electron chi connectivity index (χ4n) is 4.10. The first kappa shape index (κ1) is 29.1. The van der Waals surface area contributed by atoms with E-state index in [1.54, 1.807) is 31.7 Å². The number of rotatable bonds is 10. The van der Waals surface area contributed by atoms with Crippen LogP contribution in [0.25, 0.3) is 0 Å². The standard InChI is InChI=1S/C27H41N3O6/c1-16(2)12-20(29-26(34)36-27(5,6)7)25(33)30(21-14-18(21)4)23(19-11-9-10-17(3)13-19)24(32)28-15-22(31)35-8/h9-11,13,16,18,20-21,23H,12,14-15H2,1-8H3,(H,28,32)(H,29,34). The SMILES string of the molecule is COC(=O)CNC(=O)C(c1cccc(C)c1)N(C(=O)C(CC(C)C)NC(=O)OC(C)(C)C)C1CC1C. The lowest BCUT2D eigenvalue weighted by atomic mass is 9.98. The number of hydrogen-bond acceptors (Lipinski definition) is 6. The van der Waals surface area contributed by atoms with Crippen LogP contribution in [0.2, 0.25) is 0 Å². The van der Waals surface area contributed by atoms with Gasteiger partial charge in [0.15, 0.2) is 0 Å². The van der Waals surface area contributed by atoms with Gasteiger partial charge in [-0.1, -0.05) is 50.6 Å². The van der Waals surface area contributed by atoms with Gasteiger partial charge in [-0.15, -0.1) is 0 Å². The van der Waals surface area contributed by atoms with Crippen molar-refractivity contribution in [3.63, 3.8) is 0 Å². The van der Waals surface area contributed by atoms with E-state index in [4.69, 9.17) is 4.74 Å². The van der Waals surface area contributed by atoms with Gasteiger partial charge in [-0.25, -0.2) is 4.79 Å². The number of hydrogen-bond donors (Lipinski definition) is 2. The highest BCUT2D eigenvalue weighted by atomic mass is 16.6. The Hall–Kier alpha value is -3.10. The molecule has 9 nitrogen and oxygen atoms in total. The number of aryl methyl sites for hydroxylation is 1. The Balaban J connectivity index is 2.47. The first-order valence-electron chi connectivity index (χ1n) is 12.5. The van der Waals surface area contributed by atoms with Gasteiger partial charge in [0, 0.05) is 6.04 Å². The van der Waals surface area contributed by atoms with Crippen LogP contribution < -0.4 is 10.6 Å². The van der Waals surface area contributed by atoms with Crippen molar-refractivity contribution < 1.29 is 28.7 Å².